The van der Waals surface area contributed by atoms with Gasteiger partial charge in [-0.3, -0.25) is 0 Å². The van der Waals surface area contributed by atoms with Crippen molar-refractivity contribution in [3.05, 3.63) is 0 Å². The smallest absolute Gasteiger partial charge is 0.105 e. The second kappa shape index (κ2) is 8.82. The molecule has 0 bridgehead atoms. The van der Waals surface area contributed by atoms with Crippen molar-refractivity contribution in [2.75, 3.05) is 60.4 Å². The lowest BCUT2D eigenvalue weighted by Crippen LogP contribution is -2.54. The number of nitrogens with one attached hydrogen (secondary N) is 1. The fourth-order valence-electron chi connectivity index (χ4n) is 2.03. The summed E-state index contributed by atoms with van der Waals surface area (Å²) in [7, 11) is 6.32. The minimum absolute atomic E-state index is 0.283. The van der Waals surface area contributed by atoms with Gasteiger partial charge in [0.25, 0.3) is 0 Å². The molecule has 0 aliphatic rings. The van der Waals surface area contributed by atoms with E-state index in [1.165, 1.54) is 0 Å². The molecule has 0 aromatic heterocycles. The molecule has 3 unspecified atom stereocenters. The molecule has 0 aromatic rings. The molecule has 5 nitrogen and oxygen atoms in total. The van der Waals surface area contributed by atoms with Gasteiger partial charge in [0.15, 0.2) is 0 Å². The Bertz CT molecular complexity index is 210. The van der Waals surface area contributed by atoms with E-state index in [-0.39, 0.29) is 12.2 Å². The van der Waals surface area contributed by atoms with Crippen LogP contribution < -0.4 is 5.32 Å². The molecule has 0 amide bonds. The summed E-state index contributed by atoms with van der Waals surface area (Å²) in [6.45, 7) is 8.88. The Labute approximate surface area is 112 Å². The van der Waals surface area contributed by atoms with Crippen LogP contribution in [0.4, 0.5) is 0 Å². The molecule has 0 fully saturated rings. The zero-order chi connectivity index (χ0) is 14.2. The van der Waals surface area contributed by atoms with E-state index in [1.54, 1.807) is 6.92 Å². The summed E-state index contributed by atoms with van der Waals surface area (Å²) in [5, 5.41) is 22.0. The van der Waals surface area contributed by atoms with Crippen LogP contribution in [0.25, 0.3) is 0 Å². The minimum atomic E-state index is -0.303. The van der Waals surface area contributed by atoms with Gasteiger partial charge in [0, 0.05) is 19.6 Å². The van der Waals surface area contributed by atoms with Crippen LogP contribution in [0.2, 0.25) is 0 Å². The Morgan fingerprint density at radius 3 is 2.17 bits per heavy atom. The third-order valence-electron chi connectivity index (χ3n) is 3.06. The third kappa shape index (κ3) is 9.79. The average molecular weight is 262 g/mol. The summed E-state index contributed by atoms with van der Waals surface area (Å²) in [5.74, 6) is 0. The molecule has 0 radical (unpaired) electrons. The highest BCUT2D eigenvalue weighted by molar-refractivity contribution is 4.55. The Balaban J connectivity index is 4.11. The van der Waals surface area contributed by atoms with Crippen LogP contribution in [0.1, 0.15) is 13.8 Å². The number of aliphatic hydroxyl groups is 2. The zero-order valence-corrected chi connectivity index (χ0v) is 12.7. The molecule has 3 atom stereocenters. The maximum Gasteiger partial charge on any atom is 0.105 e. The molecule has 110 valence electrons. The van der Waals surface area contributed by atoms with Crippen molar-refractivity contribution in [1.29, 1.82) is 0 Å². The molecule has 3 N–H and O–H groups in total. The standard InChI is InChI=1S/C13H32N3O2/c1-12(17)10-14-6-8-16(5,11-13(2)18)9-7-15(3)4/h12-14,17-18H,6-11H2,1-5H3/q+1. The van der Waals surface area contributed by atoms with E-state index in [0.29, 0.717) is 6.54 Å². The SMILES string of the molecule is CC(O)CNCC[N+](C)(CCN(C)C)CC(C)O. The molecular formula is C13H32N3O2+. The van der Waals surface area contributed by atoms with Gasteiger partial charge in [0.1, 0.15) is 12.6 Å². The van der Waals surface area contributed by atoms with Gasteiger partial charge in [0.2, 0.25) is 0 Å². The average Bonchev–Trinajstić information content (AvgIpc) is 2.21. The first kappa shape index (κ1) is 17.8. The van der Waals surface area contributed by atoms with Crippen LogP contribution >= 0.6 is 0 Å². The highest BCUT2D eigenvalue weighted by atomic mass is 16.3. The zero-order valence-electron chi connectivity index (χ0n) is 12.7. The first-order valence-electron chi connectivity index (χ1n) is 6.80. The summed E-state index contributed by atoms with van der Waals surface area (Å²) < 4.78 is 0.850. The molecular weight excluding hydrogens is 230 g/mol. The predicted octanol–water partition coefficient (Wildman–Crippen LogP) is -0.654. The molecule has 0 aliphatic carbocycles. The Kier molecular flexibility index (Phi) is 8.73. The van der Waals surface area contributed by atoms with Crippen LogP contribution in [0, 0.1) is 0 Å². The van der Waals surface area contributed by atoms with Crippen LogP contribution in [0.5, 0.6) is 0 Å². The largest absolute Gasteiger partial charge is 0.392 e. The van der Waals surface area contributed by atoms with E-state index in [4.69, 9.17) is 0 Å². The fraction of sp³-hybridized carbons (Fsp3) is 1.00. The van der Waals surface area contributed by atoms with Crippen LogP contribution in [0.3, 0.4) is 0 Å². The van der Waals surface area contributed by atoms with Crippen LogP contribution in [-0.4, -0.2) is 92.2 Å². The maximum atomic E-state index is 9.61. The fourth-order valence-corrected chi connectivity index (χ4v) is 2.03. The van der Waals surface area contributed by atoms with Crippen LogP contribution in [-0.2, 0) is 0 Å². The quantitative estimate of drug-likeness (QED) is 0.362. The molecule has 0 aromatic carbocycles. The van der Waals surface area contributed by atoms with Crippen molar-refractivity contribution in [3.63, 3.8) is 0 Å². The van der Waals surface area contributed by atoms with E-state index in [9.17, 15) is 10.2 Å². The number of hydrogen-bond donors (Lipinski definition) is 3. The lowest BCUT2D eigenvalue weighted by Gasteiger charge is -2.36. The Hall–Kier alpha value is -0.200. The van der Waals surface area contributed by atoms with Crippen molar-refractivity contribution >= 4 is 0 Å². The first-order chi connectivity index (χ1) is 8.25. The number of likely N-dealkylation sites (N-methyl/N-ethyl adjacent to an activating group) is 2. The molecule has 18 heavy (non-hydrogen) atoms. The number of quaternary nitrogens is 1. The summed E-state index contributed by atoms with van der Waals surface area (Å²) in [4.78, 5) is 2.17. The van der Waals surface area contributed by atoms with Gasteiger partial charge < -0.3 is 24.9 Å². The summed E-state index contributed by atoms with van der Waals surface area (Å²) in [5.41, 5.74) is 0. The van der Waals surface area contributed by atoms with Gasteiger partial charge >= 0.3 is 0 Å². The summed E-state index contributed by atoms with van der Waals surface area (Å²) in [6.07, 6.45) is -0.587. The van der Waals surface area contributed by atoms with Gasteiger partial charge in [-0.1, -0.05) is 0 Å². The maximum absolute atomic E-state index is 9.61. The number of hydrogen-bond acceptors (Lipinski definition) is 4. The van der Waals surface area contributed by atoms with Crippen LogP contribution in [0.15, 0.2) is 0 Å². The van der Waals surface area contributed by atoms with E-state index in [1.807, 2.05) is 6.92 Å². The van der Waals surface area contributed by atoms with Crippen molar-refractivity contribution < 1.29 is 14.7 Å². The lowest BCUT2D eigenvalue weighted by atomic mass is 10.2. The molecule has 5 heteroatoms. The van der Waals surface area contributed by atoms with E-state index in [2.05, 4.69) is 31.4 Å². The number of nitrogens with zero attached hydrogens (tertiary/aromatic N) is 2. The van der Waals surface area contributed by atoms with Crippen molar-refractivity contribution in [3.8, 4) is 0 Å². The second-order valence-corrected chi connectivity index (χ2v) is 5.95. The molecule has 0 heterocycles. The molecule has 0 spiro atoms. The molecule has 0 aliphatic heterocycles. The lowest BCUT2D eigenvalue weighted by molar-refractivity contribution is -0.910. The highest BCUT2D eigenvalue weighted by Gasteiger charge is 2.23. The molecule has 0 saturated heterocycles. The summed E-state index contributed by atoms with van der Waals surface area (Å²) in [6, 6.07) is 0. The van der Waals surface area contributed by atoms with Gasteiger partial charge in [-0.05, 0) is 27.9 Å². The number of aliphatic hydroxyl groups excluding tert-OH is 2. The number of rotatable bonds is 10. The monoisotopic (exact) mass is 262 g/mol. The Morgan fingerprint density at radius 2 is 1.72 bits per heavy atom. The minimum Gasteiger partial charge on any atom is -0.392 e. The van der Waals surface area contributed by atoms with E-state index < -0.39 is 0 Å². The first-order valence-corrected chi connectivity index (χ1v) is 6.80. The van der Waals surface area contributed by atoms with Gasteiger partial charge in [-0.25, -0.2) is 0 Å². The van der Waals surface area contributed by atoms with E-state index in [0.717, 1.165) is 37.2 Å². The van der Waals surface area contributed by atoms with Crippen molar-refractivity contribution in [1.82, 2.24) is 10.2 Å². The van der Waals surface area contributed by atoms with Gasteiger partial charge in [-0.15, -0.1) is 0 Å². The highest BCUT2D eigenvalue weighted by Crippen LogP contribution is 2.04. The molecule has 0 rings (SSSR count). The molecule has 0 saturated carbocycles. The van der Waals surface area contributed by atoms with E-state index >= 15 is 0 Å². The third-order valence-corrected chi connectivity index (χ3v) is 3.06. The predicted molar refractivity (Wildman–Crippen MR) is 75.6 cm³/mol. The Morgan fingerprint density at radius 1 is 1.11 bits per heavy atom. The van der Waals surface area contributed by atoms with Crippen molar-refractivity contribution in [2.24, 2.45) is 0 Å². The van der Waals surface area contributed by atoms with Crippen molar-refractivity contribution in [2.45, 2.75) is 26.1 Å². The topological polar surface area (TPSA) is 55.7 Å². The normalized spacial score (nSPS) is 18.7. The van der Waals surface area contributed by atoms with Gasteiger partial charge in [0.05, 0.1) is 26.2 Å². The summed E-state index contributed by atoms with van der Waals surface area (Å²) >= 11 is 0. The van der Waals surface area contributed by atoms with Gasteiger partial charge in [-0.2, -0.15) is 0 Å². The second-order valence-electron chi connectivity index (χ2n) is 5.95.